The SMILES string of the molecule is O[C@@H]1[C@@H](n2cc(-c3ccc(Br)c(F)c3F)nn2)[C@H]2OC(c3ccccc3)OC[C@H]2O[C@H]1c1nncn1-c1cc(Cl)ccc1C(F)(F)F. The Kier molecular flexibility index (Phi) is 8.34. The average Bonchev–Trinajstić information content (AvgIpc) is 3.74. The number of halogens is 7. The summed E-state index contributed by atoms with van der Waals surface area (Å²) in [7, 11) is 0. The van der Waals surface area contributed by atoms with Crippen molar-refractivity contribution in [3.8, 4) is 16.9 Å². The number of aliphatic hydroxyl groups excluding tert-OH is 1. The third-order valence-electron chi connectivity index (χ3n) is 7.93. The zero-order valence-electron chi connectivity index (χ0n) is 23.6. The zero-order chi connectivity index (χ0) is 33.0. The molecule has 0 aliphatic carbocycles. The molecule has 2 aliphatic rings. The average molecular weight is 740 g/mol. The Balaban J connectivity index is 1.31. The molecule has 244 valence electrons. The minimum absolute atomic E-state index is 0.0171. The fourth-order valence-corrected chi connectivity index (χ4v) is 6.22. The van der Waals surface area contributed by atoms with E-state index in [1.807, 2.05) is 6.07 Å². The second-order valence-corrected chi connectivity index (χ2v) is 12.1. The highest BCUT2D eigenvalue weighted by atomic mass is 79.9. The molecule has 7 rings (SSSR count). The van der Waals surface area contributed by atoms with Crippen LogP contribution in [0.3, 0.4) is 0 Å². The second-order valence-electron chi connectivity index (χ2n) is 10.8. The Morgan fingerprint density at radius 3 is 2.53 bits per heavy atom. The molecule has 1 unspecified atom stereocenters. The van der Waals surface area contributed by atoms with Gasteiger partial charge >= 0.3 is 6.18 Å². The van der Waals surface area contributed by atoms with Gasteiger partial charge in [0, 0.05) is 16.1 Å². The van der Waals surface area contributed by atoms with E-state index in [-0.39, 0.29) is 33.2 Å². The van der Waals surface area contributed by atoms with E-state index >= 15 is 0 Å². The number of benzene rings is 3. The number of ether oxygens (including phenoxy) is 3. The van der Waals surface area contributed by atoms with Crippen molar-refractivity contribution in [3.63, 3.8) is 0 Å². The van der Waals surface area contributed by atoms with E-state index in [4.69, 9.17) is 25.8 Å². The van der Waals surface area contributed by atoms with E-state index in [0.717, 1.165) is 29.1 Å². The van der Waals surface area contributed by atoms with E-state index in [1.54, 1.807) is 24.3 Å². The fourth-order valence-electron chi connectivity index (χ4n) is 5.75. The molecule has 1 N–H and O–H groups in total. The fraction of sp³-hybridized carbons (Fsp3) is 0.267. The maximum Gasteiger partial charge on any atom is 0.418 e. The molecule has 10 nitrogen and oxygen atoms in total. The van der Waals surface area contributed by atoms with Gasteiger partial charge in [0.15, 0.2) is 23.7 Å². The number of hydrogen-bond acceptors (Lipinski definition) is 8. The minimum Gasteiger partial charge on any atom is -0.388 e. The van der Waals surface area contributed by atoms with E-state index in [9.17, 15) is 27.1 Å². The Labute approximate surface area is 275 Å². The highest BCUT2D eigenvalue weighted by Crippen LogP contribution is 2.45. The zero-order valence-corrected chi connectivity index (χ0v) is 25.9. The lowest BCUT2D eigenvalue weighted by atomic mass is 9.91. The number of rotatable bonds is 5. The van der Waals surface area contributed by atoms with Crippen LogP contribution in [0.4, 0.5) is 22.0 Å². The number of hydrogen-bond donors (Lipinski definition) is 1. The first kappa shape index (κ1) is 31.8. The summed E-state index contributed by atoms with van der Waals surface area (Å²) in [5, 5.41) is 27.9. The Hall–Kier alpha value is -3.80. The van der Waals surface area contributed by atoms with Gasteiger partial charge in [0.1, 0.15) is 42.5 Å². The number of aliphatic hydroxyl groups is 1. The quantitative estimate of drug-likeness (QED) is 0.163. The number of alkyl halides is 3. The summed E-state index contributed by atoms with van der Waals surface area (Å²) in [6.45, 7) is -0.0584. The first-order chi connectivity index (χ1) is 22.5. The van der Waals surface area contributed by atoms with Gasteiger partial charge in [0.2, 0.25) is 0 Å². The third-order valence-corrected chi connectivity index (χ3v) is 8.78. The number of nitrogens with zero attached hydrogens (tertiary/aromatic N) is 6. The van der Waals surface area contributed by atoms with Crippen LogP contribution < -0.4 is 0 Å². The van der Waals surface area contributed by atoms with E-state index in [0.29, 0.717) is 5.56 Å². The summed E-state index contributed by atoms with van der Waals surface area (Å²) in [5.41, 5.74) is -0.988. The normalized spacial score (nSPS) is 24.7. The highest BCUT2D eigenvalue weighted by molar-refractivity contribution is 9.10. The molecule has 2 fully saturated rings. The van der Waals surface area contributed by atoms with Crippen molar-refractivity contribution in [2.75, 3.05) is 6.61 Å². The summed E-state index contributed by atoms with van der Waals surface area (Å²) in [5.74, 6) is -2.48. The van der Waals surface area contributed by atoms with Crippen LogP contribution in [-0.2, 0) is 20.4 Å². The molecule has 6 atom stereocenters. The highest BCUT2D eigenvalue weighted by Gasteiger charge is 2.52. The minimum atomic E-state index is -4.77. The molecular formula is C30H21BrClF5N6O4. The first-order valence-corrected chi connectivity index (χ1v) is 15.2. The van der Waals surface area contributed by atoms with Gasteiger partial charge in [-0.05, 0) is 46.3 Å². The van der Waals surface area contributed by atoms with Gasteiger partial charge in [-0.15, -0.1) is 15.3 Å². The van der Waals surface area contributed by atoms with Crippen LogP contribution in [0, 0.1) is 11.6 Å². The molecule has 4 heterocycles. The van der Waals surface area contributed by atoms with Crippen LogP contribution in [0.25, 0.3) is 16.9 Å². The molecule has 0 spiro atoms. The molecule has 47 heavy (non-hydrogen) atoms. The van der Waals surface area contributed by atoms with Crippen molar-refractivity contribution in [2.45, 2.75) is 42.9 Å². The third kappa shape index (κ3) is 5.83. The lowest BCUT2D eigenvalue weighted by Crippen LogP contribution is -2.57. The maximum atomic E-state index is 14.9. The van der Waals surface area contributed by atoms with E-state index in [2.05, 4.69) is 36.4 Å². The van der Waals surface area contributed by atoms with Crippen LogP contribution in [0.1, 0.15) is 35.4 Å². The lowest BCUT2D eigenvalue weighted by molar-refractivity contribution is -0.319. The molecule has 17 heteroatoms. The number of fused-ring (bicyclic) bond motifs is 1. The molecule has 2 saturated heterocycles. The molecule has 5 aromatic rings. The summed E-state index contributed by atoms with van der Waals surface area (Å²) in [6.07, 6.45) is -8.16. The van der Waals surface area contributed by atoms with Gasteiger partial charge in [0.25, 0.3) is 0 Å². The number of aromatic nitrogens is 6. The smallest absolute Gasteiger partial charge is 0.388 e. The molecule has 0 bridgehead atoms. The Morgan fingerprint density at radius 1 is 0.979 bits per heavy atom. The molecule has 0 radical (unpaired) electrons. The van der Waals surface area contributed by atoms with Crippen LogP contribution in [0.15, 0.2) is 77.7 Å². The van der Waals surface area contributed by atoms with Crippen molar-refractivity contribution in [1.29, 1.82) is 0 Å². The van der Waals surface area contributed by atoms with Crippen molar-refractivity contribution in [1.82, 2.24) is 29.8 Å². The van der Waals surface area contributed by atoms with Gasteiger partial charge in [-0.3, -0.25) is 4.57 Å². The van der Waals surface area contributed by atoms with Gasteiger partial charge in [-0.1, -0.05) is 47.1 Å². The van der Waals surface area contributed by atoms with Crippen LogP contribution in [0.5, 0.6) is 0 Å². The van der Waals surface area contributed by atoms with Crippen molar-refractivity contribution < 1.29 is 41.3 Å². The van der Waals surface area contributed by atoms with Crippen molar-refractivity contribution >= 4 is 27.5 Å². The topological polar surface area (TPSA) is 109 Å². The van der Waals surface area contributed by atoms with Gasteiger partial charge in [0.05, 0.1) is 28.5 Å². The maximum absolute atomic E-state index is 14.9. The predicted molar refractivity (Wildman–Crippen MR) is 157 cm³/mol. The van der Waals surface area contributed by atoms with Gasteiger partial charge in [-0.2, -0.15) is 13.2 Å². The molecule has 3 aromatic carbocycles. The summed E-state index contributed by atoms with van der Waals surface area (Å²) >= 11 is 9.03. The Morgan fingerprint density at radius 2 is 1.77 bits per heavy atom. The van der Waals surface area contributed by atoms with Crippen LogP contribution in [-0.4, -0.2) is 59.8 Å². The first-order valence-electron chi connectivity index (χ1n) is 14.0. The second kappa shape index (κ2) is 12.3. The molecular weight excluding hydrogens is 719 g/mol. The standard InChI is InChI=1S/C30H21BrClF5N6O4/c31-18-9-7-16(22(33)23(18)34)19-11-43(41-39-19)24-25(44)27(46-21-12-45-29(47-26(21)24)14-4-2-1-3-5-14)28-40-38-13-42(28)20-10-15(32)6-8-17(20)30(35,36)37/h1-11,13,21,24-27,29,44H,12H2/t21-,24-,25-,26+,27-,29?/m1/s1. The Bertz CT molecular complexity index is 1930. The molecule has 0 saturated carbocycles. The molecule has 0 amide bonds. The monoisotopic (exact) mass is 738 g/mol. The van der Waals surface area contributed by atoms with Gasteiger partial charge < -0.3 is 19.3 Å². The van der Waals surface area contributed by atoms with Crippen molar-refractivity contribution in [2.24, 2.45) is 0 Å². The lowest BCUT2D eigenvalue weighted by Gasteiger charge is -2.47. The van der Waals surface area contributed by atoms with E-state index in [1.165, 1.54) is 23.0 Å². The molecule has 2 aliphatic heterocycles. The van der Waals surface area contributed by atoms with Gasteiger partial charge in [-0.25, -0.2) is 13.5 Å². The van der Waals surface area contributed by atoms with Crippen molar-refractivity contribution in [3.05, 3.63) is 111 Å². The summed E-state index contributed by atoms with van der Waals surface area (Å²) in [4.78, 5) is 0. The van der Waals surface area contributed by atoms with Crippen LogP contribution >= 0.6 is 27.5 Å². The van der Waals surface area contributed by atoms with E-state index < -0.39 is 65.8 Å². The predicted octanol–water partition coefficient (Wildman–Crippen LogP) is 6.40. The summed E-state index contributed by atoms with van der Waals surface area (Å²) in [6, 6.07) is 13.5. The largest absolute Gasteiger partial charge is 0.418 e. The molecule has 2 aromatic heterocycles. The summed E-state index contributed by atoms with van der Waals surface area (Å²) < 4.78 is 92.0. The van der Waals surface area contributed by atoms with Crippen LogP contribution in [0.2, 0.25) is 5.02 Å².